The molecule has 3 heterocycles. The van der Waals surface area contributed by atoms with E-state index in [1.54, 1.807) is 12.7 Å². The van der Waals surface area contributed by atoms with Gasteiger partial charge in [-0.2, -0.15) is 0 Å². The summed E-state index contributed by atoms with van der Waals surface area (Å²) >= 11 is 0. The molecule has 1 aliphatic rings. The number of H-pyrrole nitrogens is 1. The Labute approximate surface area is 115 Å². The Kier molecular flexibility index (Phi) is 2.50. The lowest BCUT2D eigenvalue weighted by atomic mass is 9.80. The van der Waals surface area contributed by atoms with E-state index in [1.165, 1.54) is 19.3 Å². The highest BCUT2D eigenvalue weighted by molar-refractivity contribution is 5.84. The van der Waals surface area contributed by atoms with Gasteiger partial charge in [-0.25, -0.2) is 9.97 Å². The maximum Gasteiger partial charge on any atom is 0.189 e. The Morgan fingerprint density at radius 1 is 1.20 bits per heavy atom. The van der Waals surface area contributed by atoms with Gasteiger partial charge in [0.2, 0.25) is 0 Å². The molecule has 0 atom stereocenters. The van der Waals surface area contributed by atoms with Crippen LogP contribution in [0, 0.1) is 0 Å². The van der Waals surface area contributed by atoms with Crippen LogP contribution >= 0.6 is 0 Å². The van der Waals surface area contributed by atoms with Crippen molar-refractivity contribution < 1.29 is 0 Å². The largest absolute Gasteiger partial charge is 0.340 e. The molecular formula is C13H17N7. The number of nitrogens with one attached hydrogen (secondary N) is 1. The molecule has 7 heteroatoms. The Balaban J connectivity index is 1.76. The van der Waals surface area contributed by atoms with Crippen LogP contribution in [-0.2, 0) is 6.42 Å². The number of aromatic nitrogens is 6. The summed E-state index contributed by atoms with van der Waals surface area (Å²) in [5, 5.41) is 8.57. The minimum atomic E-state index is -0.149. The number of rotatable bonds is 2. The first-order valence-electron chi connectivity index (χ1n) is 7.06. The van der Waals surface area contributed by atoms with E-state index in [0.29, 0.717) is 5.65 Å². The maximum absolute atomic E-state index is 6.51. The molecule has 0 amide bonds. The van der Waals surface area contributed by atoms with E-state index in [9.17, 15) is 0 Å². The molecule has 3 N–H and O–H groups in total. The van der Waals surface area contributed by atoms with E-state index >= 15 is 0 Å². The standard InChI is InChI=1S/C13H17N7/c14-13(4-2-1-3-5-13)6-9-18-19-12-10-11(16-7-15-10)17-8-20(9)12/h7-8H,1-6,14H2,(H,15,16). The summed E-state index contributed by atoms with van der Waals surface area (Å²) in [5.41, 5.74) is 8.61. The van der Waals surface area contributed by atoms with Gasteiger partial charge in [0.05, 0.1) is 6.33 Å². The highest BCUT2D eigenvalue weighted by atomic mass is 15.3. The predicted molar refractivity (Wildman–Crippen MR) is 74.1 cm³/mol. The number of imidazole rings is 1. The van der Waals surface area contributed by atoms with Gasteiger partial charge >= 0.3 is 0 Å². The van der Waals surface area contributed by atoms with E-state index in [4.69, 9.17) is 5.73 Å². The lowest BCUT2D eigenvalue weighted by Crippen LogP contribution is -2.44. The molecule has 0 aromatic carbocycles. The Morgan fingerprint density at radius 2 is 2.05 bits per heavy atom. The minimum Gasteiger partial charge on any atom is -0.340 e. The molecule has 0 bridgehead atoms. The molecule has 0 saturated heterocycles. The molecule has 7 nitrogen and oxygen atoms in total. The van der Waals surface area contributed by atoms with Crippen molar-refractivity contribution in [2.75, 3.05) is 0 Å². The van der Waals surface area contributed by atoms with Crippen LogP contribution in [0.5, 0.6) is 0 Å². The molecule has 0 spiro atoms. The van der Waals surface area contributed by atoms with Crippen LogP contribution in [0.2, 0.25) is 0 Å². The molecule has 4 rings (SSSR count). The normalized spacial score (nSPS) is 18.9. The molecule has 104 valence electrons. The van der Waals surface area contributed by atoms with Crippen LogP contribution in [0.25, 0.3) is 16.8 Å². The van der Waals surface area contributed by atoms with Crippen LogP contribution in [-0.4, -0.2) is 35.1 Å². The lowest BCUT2D eigenvalue weighted by Gasteiger charge is -2.32. The average Bonchev–Trinajstić information content (AvgIpc) is 3.05. The van der Waals surface area contributed by atoms with Gasteiger partial charge in [-0.15, -0.1) is 10.2 Å². The molecule has 0 unspecified atom stereocenters. The Bertz CT molecular complexity index is 750. The summed E-state index contributed by atoms with van der Waals surface area (Å²) in [6.07, 6.45) is 9.92. The van der Waals surface area contributed by atoms with E-state index in [-0.39, 0.29) is 5.54 Å². The quantitative estimate of drug-likeness (QED) is 0.730. The van der Waals surface area contributed by atoms with Gasteiger partial charge in [-0.1, -0.05) is 19.3 Å². The van der Waals surface area contributed by atoms with Gasteiger partial charge in [0.1, 0.15) is 17.7 Å². The summed E-state index contributed by atoms with van der Waals surface area (Å²) in [6, 6.07) is 0. The second kappa shape index (κ2) is 4.24. The van der Waals surface area contributed by atoms with Gasteiger partial charge in [-0.05, 0) is 12.8 Å². The summed E-state index contributed by atoms with van der Waals surface area (Å²) in [5.74, 6) is 0.883. The zero-order chi connectivity index (χ0) is 13.6. The van der Waals surface area contributed by atoms with E-state index in [0.717, 1.165) is 36.3 Å². The van der Waals surface area contributed by atoms with Gasteiger partial charge < -0.3 is 10.7 Å². The topological polar surface area (TPSA) is 97.8 Å². The van der Waals surface area contributed by atoms with Crippen molar-refractivity contribution in [1.82, 2.24) is 29.5 Å². The highest BCUT2D eigenvalue weighted by Gasteiger charge is 2.29. The molecule has 1 saturated carbocycles. The number of nitrogens with two attached hydrogens (primary N) is 1. The first-order valence-corrected chi connectivity index (χ1v) is 7.06. The van der Waals surface area contributed by atoms with E-state index in [1.807, 2.05) is 4.40 Å². The third-order valence-electron chi connectivity index (χ3n) is 4.26. The van der Waals surface area contributed by atoms with E-state index in [2.05, 4.69) is 25.1 Å². The maximum atomic E-state index is 6.51. The smallest absolute Gasteiger partial charge is 0.189 e. The first kappa shape index (κ1) is 11.8. The van der Waals surface area contributed by atoms with Crippen molar-refractivity contribution >= 4 is 16.8 Å². The second-order valence-electron chi connectivity index (χ2n) is 5.76. The average molecular weight is 271 g/mol. The molecule has 0 aliphatic heterocycles. The second-order valence-corrected chi connectivity index (χ2v) is 5.76. The van der Waals surface area contributed by atoms with Crippen molar-refractivity contribution in [3.05, 3.63) is 18.5 Å². The summed E-state index contributed by atoms with van der Waals surface area (Å²) in [6.45, 7) is 0. The third kappa shape index (κ3) is 1.77. The molecule has 3 aromatic rings. The Hall–Kier alpha value is -2.02. The number of hydrogen-bond donors (Lipinski definition) is 2. The van der Waals surface area contributed by atoms with Crippen LogP contribution in [0.15, 0.2) is 12.7 Å². The zero-order valence-corrected chi connectivity index (χ0v) is 11.2. The lowest BCUT2D eigenvalue weighted by molar-refractivity contribution is 0.289. The monoisotopic (exact) mass is 271 g/mol. The van der Waals surface area contributed by atoms with Gasteiger partial charge in [-0.3, -0.25) is 4.40 Å². The molecule has 0 radical (unpaired) electrons. The van der Waals surface area contributed by atoms with Gasteiger partial charge in [0, 0.05) is 12.0 Å². The Morgan fingerprint density at radius 3 is 2.90 bits per heavy atom. The van der Waals surface area contributed by atoms with Gasteiger partial charge in [0.25, 0.3) is 0 Å². The van der Waals surface area contributed by atoms with Crippen molar-refractivity contribution in [1.29, 1.82) is 0 Å². The molecule has 3 aromatic heterocycles. The molecule has 1 fully saturated rings. The minimum absolute atomic E-state index is 0.149. The van der Waals surface area contributed by atoms with Crippen molar-refractivity contribution in [3.63, 3.8) is 0 Å². The summed E-state index contributed by atoms with van der Waals surface area (Å²) < 4.78 is 1.92. The van der Waals surface area contributed by atoms with Crippen molar-refractivity contribution in [2.45, 2.75) is 44.1 Å². The van der Waals surface area contributed by atoms with Crippen molar-refractivity contribution in [3.8, 4) is 0 Å². The molecular weight excluding hydrogens is 254 g/mol. The number of fused-ring (bicyclic) bond motifs is 3. The molecule has 1 aliphatic carbocycles. The van der Waals surface area contributed by atoms with Crippen LogP contribution in [0.1, 0.15) is 37.9 Å². The third-order valence-corrected chi connectivity index (χ3v) is 4.26. The highest BCUT2D eigenvalue weighted by Crippen LogP contribution is 2.29. The summed E-state index contributed by atoms with van der Waals surface area (Å²) in [7, 11) is 0. The first-order chi connectivity index (χ1) is 9.75. The fourth-order valence-electron chi connectivity index (χ4n) is 3.15. The fraction of sp³-hybridized carbons (Fsp3) is 0.538. The van der Waals surface area contributed by atoms with Crippen LogP contribution in [0.4, 0.5) is 0 Å². The molecule has 20 heavy (non-hydrogen) atoms. The van der Waals surface area contributed by atoms with E-state index < -0.39 is 0 Å². The fourth-order valence-corrected chi connectivity index (χ4v) is 3.15. The van der Waals surface area contributed by atoms with Crippen molar-refractivity contribution in [2.24, 2.45) is 5.73 Å². The van der Waals surface area contributed by atoms with Crippen LogP contribution < -0.4 is 5.73 Å². The number of nitrogens with zero attached hydrogens (tertiary/aromatic N) is 5. The number of aromatic amines is 1. The van der Waals surface area contributed by atoms with Crippen LogP contribution in [0.3, 0.4) is 0 Å². The summed E-state index contributed by atoms with van der Waals surface area (Å²) in [4.78, 5) is 11.5. The number of hydrogen-bond acceptors (Lipinski definition) is 5. The predicted octanol–water partition coefficient (Wildman–Crippen LogP) is 1.20. The zero-order valence-electron chi connectivity index (χ0n) is 11.2. The van der Waals surface area contributed by atoms with Gasteiger partial charge in [0.15, 0.2) is 11.3 Å². The SMILES string of the molecule is NC1(Cc2nnc3c4[nH]cnc4ncn23)CCCCC1.